The lowest BCUT2D eigenvalue weighted by molar-refractivity contribution is 0.232. The lowest BCUT2D eigenvalue weighted by atomic mass is 9.87. The Bertz CT molecular complexity index is 134. The van der Waals surface area contributed by atoms with Crippen LogP contribution in [0.1, 0.15) is 53.4 Å². The lowest BCUT2D eigenvalue weighted by Gasteiger charge is -2.27. The van der Waals surface area contributed by atoms with Crippen molar-refractivity contribution in [3.05, 3.63) is 0 Å². The summed E-state index contributed by atoms with van der Waals surface area (Å²) in [6.07, 6.45) is 4.49. The third-order valence-electron chi connectivity index (χ3n) is 2.66. The summed E-state index contributed by atoms with van der Waals surface area (Å²) in [4.78, 5) is 0. The summed E-state index contributed by atoms with van der Waals surface area (Å²) in [5.74, 6) is 0. The normalized spacial score (nSPS) is 14.4. The lowest BCUT2D eigenvalue weighted by Crippen LogP contribution is -2.35. The maximum absolute atomic E-state index is 8.77. The van der Waals surface area contributed by atoms with Gasteiger partial charge in [0.05, 0.1) is 0 Å². The molecular formula is C12H27NO. The minimum absolute atomic E-state index is 0.310. The van der Waals surface area contributed by atoms with Crippen LogP contribution in [-0.2, 0) is 0 Å². The van der Waals surface area contributed by atoms with Crippen molar-refractivity contribution < 1.29 is 5.11 Å². The van der Waals surface area contributed by atoms with Crippen LogP contribution >= 0.6 is 0 Å². The molecule has 86 valence electrons. The average Bonchev–Trinajstić information content (AvgIpc) is 2.13. The Kier molecular flexibility index (Phi) is 7.20. The van der Waals surface area contributed by atoms with E-state index in [0.29, 0.717) is 18.1 Å². The Balaban J connectivity index is 3.63. The Morgan fingerprint density at radius 2 is 2.00 bits per heavy atom. The van der Waals surface area contributed by atoms with Crippen molar-refractivity contribution in [2.75, 3.05) is 13.2 Å². The van der Waals surface area contributed by atoms with Gasteiger partial charge in [0.25, 0.3) is 0 Å². The molecule has 0 heterocycles. The molecule has 0 aliphatic carbocycles. The molecule has 0 aliphatic heterocycles. The molecule has 2 nitrogen and oxygen atoms in total. The molecule has 0 radical (unpaired) electrons. The fourth-order valence-electron chi connectivity index (χ4n) is 1.63. The molecule has 0 aromatic rings. The minimum Gasteiger partial charge on any atom is -0.396 e. The van der Waals surface area contributed by atoms with Crippen LogP contribution in [0.2, 0.25) is 0 Å². The molecule has 0 aliphatic rings. The maximum atomic E-state index is 8.77. The minimum atomic E-state index is 0.310. The second-order valence-electron chi connectivity index (χ2n) is 5.06. The number of nitrogens with one attached hydrogen (secondary N) is 1. The number of hydrogen-bond acceptors (Lipinski definition) is 2. The van der Waals surface area contributed by atoms with Gasteiger partial charge in [0.1, 0.15) is 0 Å². The molecule has 0 bridgehead atoms. The Labute approximate surface area is 89.1 Å². The van der Waals surface area contributed by atoms with Crippen molar-refractivity contribution in [2.45, 2.75) is 59.4 Å². The smallest absolute Gasteiger partial charge is 0.0431 e. The molecule has 2 N–H and O–H groups in total. The second kappa shape index (κ2) is 7.24. The van der Waals surface area contributed by atoms with Crippen LogP contribution < -0.4 is 5.32 Å². The van der Waals surface area contributed by atoms with Crippen molar-refractivity contribution in [3.63, 3.8) is 0 Å². The van der Waals surface area contributed by atoms with Gasteiger partial charge in [0.15, 0.2) is 0 Å². The predicted octanol–water partition coefficient (Wildman–Crippen LogP) is 2.56. The van der Waals surface area contributed by atoms with Crippen molar-refractivity contribution >= 4 is 0 Å². The van der Waals surface area contributed by atoms with Gasteiger partial charge in [0.2, 0.25) is 0 Å². The molecule has 0 aromatic carbocycles. The SMILES string of the molecule is CCCC(C)NCC(C)(C)CCCO. The van der Waals surface area contributed by atoms with Crippen molar-refractivity contribution in [1.29, 1.82) is 0 Å². The third kappa shape index (κ3) is 7.34. The number of hydrogen-bond donors (Lipinski definition) is 2. The topological polar surface area (TPSA) is 32.3 Å². The summed E-state index contributed by atoms with van der Waals surface area (Å²) in [6.45, 7) is 10.3. The Hall–Kier alpha value is -0.0800. The number of aliphatic hydroxyl groups excluding tert-OH is 1. The zero-order valence-electron chi connectivity index (χ0n) is 10.3. The fraction of sp³-hybridized carbons (Fsp3) is 1.00. The van der Waals surface area contributed by atoms with Crippen LogP contribution in [0.4, 0.5) is 0 Å². The highest BCUT2D eigenvalue weighted by molar-refractivity contribution is 4.73. The van der Waals surface area contributed by atoms with Gasteiger partial charge in [-0.15, -0.1) is 0 Å². The maximum Gasteiger partial charge on any atom is 0.0431 e. The zero-order chi connectivity index (χ0) is 11.0. The van der Waals surface area contributed by atoms with Gasteiger partial charge in [-0.2, -0.15) is 0 Å². The third-order valence-corrected chi connectivity index (χ3v) is 2.66. The van der Waals surface area contributed by atoms with Gasteiger partial charge in [-0.05, 0) is 31.6 Å². The zero-order valence-corrected chi connectivity index (χ0v) is 10.3. The second-order valence-corrected chi connectivity index (χ2v) is 5.06. The van der Waals surface area contributed by atoms with E-state index >= 15 is 0 Å². The van der Waals surface area contributed by atoms with Crippen LogP contribution in [0.25, 0.3) is 0 Å². The van der Waals surface area contributed by atoms with Crippen LogP contribution in [0.5, 0.6) is 0 Å². The van der Waals surface area contributed by atoms with E-state index in [-0.39, 0.29) is 0 Å². The summed E-state index contributed by atoms with van der Waals surface area (Å²) in [5, 5.41) is 12.3. The Morgan fingerprint density at radius 3 is 2.50 bits per heavy atom. The molecule has 0 saturated carbocycles. The molecular weight excluding hydrogens is 174 g/mol. The summed E-state index contributed by atoms with van der Waals surface area (Å²) < 4.78 is 0. The van der Waals surface area contributed by atoms with Gasteiger partial charge < -0.3 is 10.4 Å². The van der Waals surface area contributed by atoms with E-state index in [9.17, 15) is 0 Å². The van der Waals surface area contributed by atoms with E-state index in [1.54, 1.807) is 0 Å². The highest BCUT2D eigenvalue weighted by Gasteiger charge is 2.17. The molecule has 1 unspecified atom stereocenters. The van der Waals surface area contributed by atoms with Gasteiger partial charge in [0, 0.05) is 19.2 Å². The van der Waals surface area contributed by atoms with Crippen LogP contribution in [0.3, 0.4) is 0 Å². The van der Waals surface area contributed by atoms with Crippen LogP contribution in [0, 0.1) is 5.41 Å². The standard InChI is InChI=1S/C12H27NO/c1-5-7-11(2)13-10-12(3,4)8-6-9-14/h11,13-14H,5-10H2,1-4H3. The molecule has 0 fully saturated rings. The van der Waals surface area contributed by atoms with Crippen LogP contribution in [0.15, 0.2) is 0 Å². The molecule has 0 spiro atoms. The van der Waals surface area contributed by atoms with Gasteiger partial charge in [-0.3, -0.25) is 0 Å². The van der Waals surface area contributed by atoms with Crippen LogP contribution in [-0.4, -0.2) is 24.3 Å². The molecule has 0 amide bonds. The number of aliphatic hydroxyl groups is 1. The van der Waals surface area contributed by atoms with Gasteiger partial charge >= 0.3 is 0 Å². The first kappa shape index (κ1) is 13.9. The highest BCUT2D eigenvalue weighted by Crippen LogP contribution is 2.21. The van der Waals surface area contributed by atoms with E-state index in [1.807, 2.05) is 0 Å². The van der Waals surface area contributed by atoms with E-state index in [4.69, 9.17) is 5.11 Å². The van der Waals surface area contributed by atoms with Crippen molar-refractivity contribution in [3.8, 4) is 0 Å². The van der Waals surface area contributed by atoms with Gasteiger partial charge in [-0.1, -0.05) is 27.2 Å². The average molecular weight is 201 g/mol. The van der Waals surface area contributed by atoms with E-state index in [1.165, 1.54) is 12.8 Å². The van der Waals surface area contributed by atoms with Gasteiger partial charge in [-0.25, -0.2) is 0 Å². The quantitative estimate of drug-likeness (QED) is 0.632. The monoisotopic (exact) mass is 201 g/mol. The number of rotatable bonds is 8. The van der Waals surface area contributed by atoms with E-state index < -0.39 is 0 Å². The fourth-order valence-corrected chi connectivity index (χ4v) is 1.63. The summed E-state index contributed by atoms with van der Waals surface area (Å²) in [7, 11) is 0. The largest absolute Gasteiger partial charge is 0.396 e. The highest BCUT2D eigenvalue weighted by atomic mass is 16.2. The predicted molar refractivity (Wildman–Crippen MR) is 62.5 cm³/mol. The summed E-state index contributed by atoms with van der Waals surface area (Å²) >= 11 is 0. The first-order valence-electron chi connectivity index (χ1n) is 5.86. The molecule has 2 heteroatoms. The molecule has 1 atom stereocenters. The molecule has 0 saturated heterocycles. The van der Waals surface area contributed by atoms with Crippen molar-refractivity contribution in [1.82, 2.24) is 5.32 Å². The Morgan fingerprint density at radius 1 is 1.36 bits per heavy atom. The van der Waals surface area contributed by atoms with E-state index in [2.05, 4.69) is 33.0 Å². The first-order chi connectivity index (χ1) is 6.52. The molecule has 0 rings (SSSR count). The molecule has 14 heavy (non-hydrogen) atoms. The summed E-state index contributed by atoms with van der Waals surface area (Å²) in [5.41, 5.74) is 0.310. The molecule has 0 aromatic heterocycles. The van der Waals surface area contributed by atoms with E-state index in [0.717, 1.165) is 19.4 Å². The first-order valence-corrected chi connectivity index (χ1v) is 5.86. The summed E-state index contributed by atoms with van der Waals surface area (Å²) in [6, 6.07) is 0.619. The van der Waals surface area contributed by atoms with Crippen molar-refractivity contribution in [2.24, 2.45) is 5.41 Å².